The fourth-order valence-electron chi connectivity index (χ4n) is 3.66. The highest BCUT2D eigenvalue weighted by Crippen LogP contribution is 2.34. The second-order valence-corrected chi connectivity index (χ2v) is 9.17. The number of nitrogens with zero attached hydrogens (tertiary/aromatic N) is 4. The van der Waals surface area contributed by atoms with E-state index in [-0.39, 0.29) is 0 Å². The molecule has 0 spiro atoms. The predicted octanol–water partition coefficient (Wildman–Crippen LogP) is 3.30. The predicted molar refractivity (Wildman–Crippen MR) is 117 cm³/mol. The highest BCUT2D eigenvalue weighted by molar-refractivity contribution is 7.99. The molecule has 0 amide bonds. The molecule has 0 radical (unpaired) electrons. The van der Waals surface area contributed by atoms with Crippen LogP contribution in [0, 0.1) is 0 Å². The van der Waals surface area contributed by atoms with Crippen LogP contribution in [0.5, 0.6) is 0 Å². The third-order valence-electron chi connectivity index (χ3n) is 5.49. The van der Waals surface area contributed by atoms with Crippen LogP contribution in [0.15, 0.2) is 41.4 Å². The van der Waals surface area contributed by atoms with Gasteiger partial charge in [-0.25, -0.2) is 4.98 Å². The first-order valence-corrected chi connectivity index (χ1v) is 11.1. The van der Waals surface area contributed by atoms with Crippen molar-refractivity contribution < 1.29 is 17.9 Å². The number of fused-ring (bicyclic) bond motifs is 2. The minimum atomic E-state index is -4.46. The third-order valence-corrected chi connectivity index (χ3v) is 6.56. The quantitative estimate of drug-likeness (QED) is 0.611. The van der Waals surface area contributed by atoms with Gasteiger partial charge in [0, 0.05) is 35.3 Å². The van der Waals surface area contributed by atoms with Gasteiger partial charge in [0.05, 0.1) is 42.1 Å². The van der Waals surface area contributed by atoms with Gasteiger partial charge in [0.25, 0.3) is 0 Å². The topological polar surface area (TPSA) is 89.2 Å². The fourth-order valence-corrected chi connectivity index (χ4v) is 4.65. The second kappa shape index (κ2) is 8.05. The molecule has 0 unspecified atom stereocenters. The summed E-state index contributed by atoms with van der Waals surface area (Å²) in [7, 11) is 0. The van der Waals surface area contributed by atoms with E-state index in [4.69, 9.17) is 10.5 Å². The molecule has 1 aromatic carbocycles. The molecule has 5 rings (SSSR count). The Morgan fingerprint density at radius 2 is 2.06 bits per heavy atom. The average Bonchev–Trinajstić information content (AvgIpc) is 2.97. The summed E-state index contributed by atoms with van der Waals surface area (Å²) in [6.45, 7) is 2.30. The minimum absolute atomic E-state index is 0.301. The third kappa shape index (κ3) is 4.19. The van der Waals surface area contributed by atoms with Crippen LogP contribution in [-0.2, 0) is 17.5 Å². The van der Waals surface area contributed by atoms with Gasteiger partial charge >= 0.3 is 6.18 Å². The maximum Gasteiger partial charge on any atom is 0.416 e. The summed E-state index contributed by atoms with van der Waals surface area (Å²) in [6.07, 6.45) is -2.71. The molecular weight excluding hydrogens is 441 g/mol. The molecule has 3 N–H and O–H groups in total. The Balaban J connectivity index is 1.54. The molecule has 7 nitrogen and oxygen atoms in total. The fraction of sp³-hybridized carbons (Fsp3) is 0.381. The molecule has 1 fully saturated rings. The highest BCUT2D eigenvalue weighted by Gasteiger charge is 2.35. The number of nitrogens with two attached hydrogens (primary N) is 1. The molecule has 0 atom stereocenters. The number of anilines is 2. The van der Waals surface area contributed by atoms with E-state index in [0.29, 0.717) is 55.5 Å². The average molecular weight is 463 g/mol. The van der Waals surface area contributed by atoms with E-state index in [9.17, 15) is 13.2 Å². The first-order valence-electron chi connectivity index (χ1n) is 10.1. The Bertz CT molecular complexity index is 1150. The van der Waals surface area contributed by atoms with Gasteiger partial charge in [-0.15, -0.1) is 11.8 Å². The summed E-state index contributed by atoms with van der Waals surface area (Å²) < 4.78 is 45.2. The van der Waals surface area contributed by atoms with E-state index in [0.717, 1.165) is 28.5 Å². The maximum absolute atomic E-state index is 13.3. The largest absolute Gasteiger partial charge is 0.416 e. The molecule has 0 aliphatic carbocycles. The Hall–Kier alpha value is -2.63. The van der Waals surface area contributed by atoms with E-state index in [1.54, 1.807) is 18.0 Å². The van der Waals surface area contributed by atoms with Gasteiger partial charge in [-0.3, -0.25) is 4.98 Å². The molecule has 0 saturated carbocycles. The monoisotopic (exact) mass is 462 g/mol. The van der Waals surface area contributed by atoms with Gasteiger partial charge in [-0.2, -0.15) is 18.2 Å². The van der Waals surface area contributed by atoms with Crippen molar-refractivity contribution >= 4 is 34.4 Å². The minimum Gasteiger partial charge on any atom is -0.377 e. The number of rotatable bonds is 4. The molecule has 2 aliphatic rings. The summed E-state index contributed by atoms with van der Waals surface area (Å²) in [5.41, 5.74) is 6.26. The summed E-state index contributed by atoms with van der Waals surface area (Å²) >= 11 is 1.71. The number of halogens is 3. The number of thioether (sulfide) groups is 1. The van der Waals surface area contributed by atoms with Crippen LogP contribution in [0.1, 0.15) is 11.3 Å². The van der Waals surface area contributed by atoms with E-state index in [1.807, 2.05) is 17.0 Å². The lowest BCUT2D eigenvalue weighted by Crippen LogP contribution is -2.61. The van der Waals surface area contributed by atoms with Crippen molar-refractivity contribution in [1.82, 2.24) is 15.0 Å². The zero-order valence-electron chi connectivity index (χ0n) is 17.0. The summed E-state index contributed by atoms with van der Waals surface area (Å²) in [4.78, 5) is 16.8. The normalized spacial score (nSPS) is 18.1. The Morgan fingerprint density at radius 3 is 2.81 bits per heavy atom. The molecule has 4 heterocycles. The van der Waals surface area contributed by atoms with Gasteiger partial charge in [-0.05, 0) is 30.3 Å². The summed E-state index contributed by atoms with van der Waals surface area (Å²) in [5.74, 6) is 1.58. The smallest absolute Gasteiger partial charge is 0.377 e. The molecule has 3 aromatic rings. The number of ether oxygens (including phenoxy) is 1. The van der Waals surface area contributed by atoms with Crippen LogP contribution in [-0.4, -0.2) is 52.5 Å². The van der Waals surface area contributed by atoms with Crippen LogP contribution in [0.3, 0.4) is 0 Å². The Kier molecular flexibility index (Phi) is 5.34. The lowest BCUT2D eigenvalue weighted by molar-refractivity contribution is -0.137. The summed E-state index contributed by atoms with van der Waals surface area (Å²) in [5, 5.41) is 3.45. The molecule has 0 bridgehead atoms. The van der Waals surface area contributed by atoms with Crippen molar-refractivity contribution in [2.45, 2.75) is 23.2 Å². The SMILES string of the molecule is NC1(CNc2nc(N3CCSc4cccnc4C3)nc3ccc(C(F)(F)F)cc23)COC1. The van der Waals surface area contributed by atoms with Gasteiger partial charge in [0.15, 0.2) is 0 Å². The summed E-state index contributed by atoms with van der Waals surface area (Å²) in [6, 6.07) is 7.45. The van der Waals surface area contributed by atoms with Crippen molar-refractivity contribution in [2.24, 2.45) is 5.73 Å². The van der Waals surface area contributed by atoms with Crippen LogP contribution in [0.2, 0.25) is 0 Å². The van der Waals surface area contributed by atoms with Crippen LogP contribution < -0.4 is 16.0 Å². The van der Waals surface area contributed by atoms with E-state index in [2.05, 4.69) is 20.3 Å². The van der Waals surface area contributed by atoms with Crippen LogP contribution in [0.25, 0.3) is 10.9 Å². The van der Waals surface area contributed by atoms with Crippen LogP contribution >= 0.6 is 11.8 Å². The first kappa shape index (κ1) is 21.2. The van der Waals surface area contributed by atoms with Crippen LogP contribution in [0.4, 0.5) is 24.9 Å². The van der Waals surface area contributed by atoms with Gasteiger partial charge in [-0.1, -0.05) is 0 Å². The molecule has 2 aliphatic heterocycles. The Labute approximate surface area is 186 Å². The molecule has 2 aromatic heterocycles. The molecular formula is C21H21F3N6OS. The second-order valence-electron chi connectivity index (χ2n) is 8.03. The van der Waals surface area contributed by atoms with E-state index in [1.165, 1.54) is 6.07 Å². The van der Waals surface area contributed by atoms with E-state index < -0.39 is 17.3 Å². The zero-order valence-corrected chi connectivity index (χ0v) is 17.8. The highest BCUT2D eigenvalue weighted by atomic mass is 32.2. The number of nitrogens with one attached hydrogen (secondary N) is 1. The van der Waals surface area contributed by atoms with Gasteiger partial charge < -0.3 is 20.7 Å². The molecule has 11 heteroatoms. The number of aromatic nitrogens is 3. The standard InChI is InChI=1S/C21H21F3N6OS/c22-21(23,24)13-3-4-15-14(8-13)18(27-10-20(25)11-31-12-20)29-19(28-15)30-6-7-32-17-2-1-5-26-16(17)9-30/h1-5,8H,6-7,9-12,25H2,(H,27,28,29). The lowest BCUT2D eigenvalue weighted by atomic mass is 9.99. The molecule has 32 heavy (non-hydrogen) atoms. The van der Waals surface area contributed by atoms with Crippen molar-refractivity contribution in [1.29, 1.82) is 0 Å². The zero-order chi connectivity index (χ0) is 22.3. The van der Waals surface area contributed by atoms with Crippen molar-refractivity contribution in [3.05, 3.63) is 47.8 Å². The number of hydrogen-bond acceptors (Lipinski definition) is 8. The lowest BCUT2D eigenvalue weighted by Gasteiger charge is -2.38. The number of hydrogen-bond donors (Lipinski definition) is 2. The maximum atomic E-state index is 13.3. The number of benzene rings is 1. The van der Waals surface area contributed by atoms with Crippen molar-refractivity contribution in [3.63, 3.8) is 0 Å². The molecule has 1 saturated heterocycles. The van der Waals surface area contributed by atoms with Crippen molar-refractivity contribution in [3.8, 4) is 0 Å². The first-order chi connectivity index (χ1) is 15.3. The van der Waals surface area contributed by atoms with E-state index >= 15 is 0 Å². The van der Waals surface area contributed by atoms with Crippen molar-refractivity contribution in [2.75, 3.05) is 42.3 Å². The van der Waals surface area contributed by atoms with Gasteiger partial charge in [0.2, 0.25) is 5.95 Å². The number of alkyl halides is 3. The molecule has 168 valence electrons. The Morgan fingerprint density at radius 1 is 1.22 bits per heavy atom. The number of pyridine rings is 1. The van der Waals surface area contributed by atoms with Gasteiger partial charge in [0.1, 0.15) is 5.82 Å².